The third kappa shape index (κ3) is 2.69. The predicted octanol–water partition coefficient (Wildman–Crippen LogP) is 2.70. The quantitative estimate of drug-likeness (QED) is 0.863. The van der Waals surface area contributed by atoms with Gasteiger partial charge in [-0.2, -0.15) is 10.4 Å². The zero-order chi connectivity index (χ0) is 13.0. The summed E-state index contributed by atoms with van der Waals surface area (Å²) in [6.07, 6.45) is 0.459. The van der Waals surface area contributed by atoms with Crippen LogP contribution in [0.4, 0.5) is 5.69 Å². The second kappa shape index (κ2) is 5.37. The minimum atomic E-state index is 0.459. The Hall–Kier alpha value is -2.28. The van der Waals surface area contributed by atoms with E-state index in [1.54, 1.807) is 0 Å². The summed E-state index contributed by atoms with van der Waals surface area (Å²) in [7, 11) is 0. The lowest BCUT2D eigenvalue weighted by atomic mass is 10.1. The van der Waals surface area contributed by atoms with Crippen LogP contribution in [-0.4, -0.2) is 10.2 Å². The summed E-state index contributed by atoms with van der Waals surface area (Å²) in [6, 6.07) is 10.1. The molecule has 0 saturated heterocycles. The Morgan fingerprint density at radius 3 is 2.56 bits per heavy atom. The summed E-state index contributed by atoms with van der Waals surface area (Å²) in [5, 5.41) is 19.1. The molecule has 18 heavy (non-hydrogen) atoms. The molecule has 0 fully saturated rings. The van der Waals surface area contributed by atoms with Gasteiger partial charge in [-0.05, 0) is 31.5 Å². The number of hydrogen-bond acceptors (Lipinski definition) is 3. The largest absolute Gasteiger partial charge is 0.381 e. The average Bonchev–Trinajstić information content (AvgIpc) is 2.69. The fraction of sp³-hybridized carbons (Fsp3) is 0.286. The van der Waals surface area contributed by atoms with E-state index < -0.39 is 0 Å². The summed E-state index contributed by atoms with van der Waals surface area (Å²) in [5.41, 5.74) is 5.42. The maximum absolute atomic E-state index is 8.60. The molecule has 92 valence electrons. The van der Waals surface area contributed by atoms with Crippen molar-refractivity contribution in [3.8, 4) is 6.07 Å². The number of nitrogens with one attached hydrogen (secondary N) is 2. The van der Waals surface area contributed by atoms with Crippen molar-refractivity contribution in [1.82, 2.24) is 10.2 Å². The minimum Gasteiger partial charge on any atom is -0.381 e. The molecule has 1 aromatic heterocycles. The molecule has 2 N–H and O–H groups in total. The first-order chi connectivity index (χ1) is 8.70. The predicted molar refractivity (Wildman–Crippen MR) is 71.1 cm³/mol. The molecule has 0 radical (unpaired) electrons. The van der Waals surface area contributed by atoms with Gasteiger partial charge in [0.1, 0.15) is 0 Å². The number of nitrogens with zero attached hydrogens (tertiary/aromatic N) is 2. The van der Waals surface area contributed by atoms with Gasteiger partial charge >= 0.3 is 0 Å². The van der Waals surface area contributed by atoms with Crippen LogP contribution in [0.25, 0.3) is 0 Å². The van der Waals surface area contributed by atoms with E-state index in [-0.39, 0.29) is 0 Å². The van der Waals surface area contributed by atoms with Gasteiger partial charge in [0.25, 0.3) is 0 Å². The molecular weight excluding hydrogens is 224 g/mol. The molecule has 1 aromatic carbocycles. The van der Waals surface area contributed by atoms with Crippen LogP contribution < -0.4 is 5.32 Å². The fourth-order valence-electron chi connectivity index (χ4n) is 1.86. The van der Waals surface area contributed by atoms with Crippen LogP contribution >= 0.6 is 0 Å². The third-order valence-corrected chi connectivity index (χ3v) is 2.99. The van der Waals surface area contributed by atoms with E-state index >= 15 is 0 Å². The highest BCUT2D eigenvalue weighted by Gasteiger charge is 2.05. The van der Waals surface area contributed by atoms with Gasteiger partial charge in [0.15, 0.2) is 0 Å². The maximum Gasteiger partial charge on any atom is 0.0669 e. The van der Waals surface area contributed by atoms with Crippen molar-refractivity contribution in [2.75, 3.05) is 5.32 Å². The monoisotopic (exact) mass is 240 g/mol. The fourth-order valence-corrected chi connectivity index (χ4v) is 1.86. The van der Waals surface area contributed by atoms with Crippen LogP contribution in [0.15, 0.2) is 24.3 Å². The smallest absolute Gasteiger partial charge is 0.0669 e. The minimum absolute atomic E-state index is 0.459. The Morgan fingerprint density at radius 2 is 2.00 bits per heavy atom. The zero-order valence-corrected chi connectivity index (χ0v) is 10.6. The number of aromatic nitrogens is 2. The van der Waals surface area contributed by atoms with Crippen LogP contribution in [0.3, 0.4) is 0 Å². The summed E-state index contributed by atoms with van der Waals surface area (Å²) < 4.78 is 0. The lowest BCUT2D eigenvalue weighted by Gasteiger charge is -2.07. The van der Waals surface area contributed by atoms with Crippen molar-refractivity contribution in [1.29, 1.82) is 5.26 Å². The molecular formula is C14H16N4. The van der Waals surface area contributed by atoms with Crippen LogP contribution in [0.5, 0.6) is 0 Å². The van der Waals surface area contributed by atoms with Gasteiger partial charge in [-0.3, -0.25) is 5.10 Å². The third-order valence-electron chi connectivity index (χ3n) is 2.99. The Bertz CT molecular complexity index is 541. The molecule has 2 rings (SSSR count). The summed E-state index contributed by atoms with van der Waals surface area (Å²) >= 11 is 0. The molecule has 0 spiro atoms. The number of benzene rings is 1. The first-order valence-electron chi connectivity index (χ1n) is 5.91. The number of anilines is 1. The van der Waals surface area contributed by atoms with Crippen molar-refractivity contribution in [2.45, 2.75) is 26.8 Å². The number of H-pyrrole nitrogens is 1. The highest BCUT2D eigenvalue weighted by atomic mass is 15.1. The van der Waals surface area contributed by atoms with E-state index in [0.29, 0.717) is 6.42 Å². The van der Waals surface area contributed by atoms with Crippen LogP contribution in [0.2, 0.25) is 0 Å². The van der Waals surface area contributed by atoms with Gasteiger partial charge in [-0.15, -0.1) is 0 Å². The molecule has 0 unspecified atom stereocenters. The molecule has 1 heterocycles. The molecule has 0 aliphatic heterocycles. The molecule has 0 atom stereocenters. The van der Waals surface area contributed by atoms with E-state index in [1.807, 2.05) is 38.1 Å². The highest BCUT2D eigenvalue weighted by molar-refractivity contribution is 5.46. The van der Waals surface area contributed by atoms with E-state index in [9.17, 15) is 0 Å². The number of hydrogen-bond donors (Lipinski definition) is 2. The molecule has 0 aliphatic rings. The van der Waals surface area contributed by atoms with Gasteiger partial charge in [0.2, 0.25) is 0 Å². The Labute approximate surface area is 107 Å². The van der Waals surface area contributed by atoms with Gasteiger partial charge < -0.3 is 5.32 Å². The summed E-state index contributed by atoms with van der Waals surface area (Å²) in [5.74, 6) is 0. The molecule has 0 bridgehead atoms. The molecule has 4 nitrogen and oxygen atoms in total. The summed E-state index contributed by atoms with van der Waals surface area (Å²) in [6.45, 7) is 4.77. The van der Waals surface area contributed by atoms with E-state index in [0.717, 1.165) is 29.2 Å². The van der Waals surface area contributed by atoms with Gasteiger partial charge in [-0.25, -0.2) is 0 Å². The Balaban J connectivity index is 2.00. The number of aryl methyl sites for hydroxylation is 2. The average molecular weight is 240 g/mol. The standard InChI is InChI=1S/C14H16N4/c1-10-14(11(2)18-17-10)9-16-13-5-3-12(4-6-13)7-8-15/h3-6,16H,7,9H2,1-2H3,(H,17,18). The van der Waals surface area contributed by atoms with E-state index in [4.69, 9.17) is 5.26 Å². The highest BCUT2D eigenvalue weighted by Crippen LogP contribution is 2.14. The SMILES string of the molecule is Cc1n[nH]c(C)c1CNc1ccc(CC#N)cc1. The van der Waals surface area contributed by atoms with Gasteiger partial charge in [0, 0.05) is 23.5 Å². The Kier molecular flexibility index (Phi) is 3.63. The lowest BCUT2D eigenvalue weighted by molar-refractivity contribution is 1.02. The van der Waals surface area contributed by atoms with E-state index in [1.165, 1.54) is 5.56 Å². The zero-order valence-electron chi connectivity index (χ0n) is 10.6. The number of aromatic amines is 1. The van der Waals surface area contributed by atoms with Gasteiger partial charge in [0.05, 0.1) is 18.2 Å². The summed E-state index contributed by atoms with van der Waals surface area (Å²) in [4.78, 5) is 0. The van der Waals surface area contributed by atoms with Crippen LogP contribution in [-0.2, 0) is 13.0 Å². The van der Waals surface area contributed by atoms with Crippen LogP contribution in [0, 0.1) is 25.2 Å². The lowest BCUT2D eigenvalue weighted by Crippen LogP contribution is -2.01. The number of nitriles is 1. The second-order valence-electron chi connectivity index (χ2n) is 4.30. The Morgan fingerprint density at radius 1 is 1.28 bits per heavy atom. The second-order valence-corrected chi connectivity index (χ2v) is 4.30. The topological polar surface area (TPSA) is 64.5 Å². The van der Waals surface area contributed by atoms with E-state index in [2.05, 4.69) is 21.6 Å². The molecule has 0 aliphatic carbocycles. The van der Waals surface area contributed by atoms with Crippen molar-refractivity contribution in [3.63, 3.8) is 0 Å². The molecule has 4 heteroatoms. The number of rotatable bonds is 4. The van der Waals surface area contributed by atoms with Crippen LogP contribution in [0.1, 0.15) is 22.5 Å². The molecule has 2 aromatic rings. The first-order valence-corrected chi connectivity index (χ1v) is 5.91. The van der Waals surface area contributed by atoms with Crippen molar-refractivity contribution < 1.29 is 0 Å². The molecule has 0 saturated carbocycles. The van der Waals surface area contributed by atoms with Crippen molar-refractivity contribution >= 4 is 5.69 Å². The maximum atomic E-state index is 8.60. The van der Waals surface area contributed by atoms with Crippen molar-refractivity contribution in [2.24, 2.45) is 0 Å². The normalized spacial score (nSPS) is 10.1. The first kappa shape index (κ1) is 12.2. The van der Waals surface area contributed by atoms with Gasteiger partial charge in [-0.1, -0.05) is 12.1 Å². The van der Waals surface area contributed by atoms with Crippen molar-refractivity contribution in [3.05, 3.63) is 46.8 Å². The molecule has 0 amide bonds.